The fraction of sp³-hybridized carbons (Fsp3) is 0.800. The molecule has 0 aromatic heterocycles. The van der Waals surface area contributed by atoms with E-state index in [1.807, 2.05) is 0 Å². The highest BCUT2D eigenvalue weighted by molar-refractivity contribution is 5.77. The zero-order valence-corrected chi connectivity index (χ0v) is 10.0. The topological polar surface area (TPSA) is 122 Å². The minimum absolute atomic E-state index is 0.0688. The third kappa shape index (κ3) is 8.47. The predicted octanol–water partition coefficient (Wildman–Crippen LogP) is -0.830. The number of rotatable bonds is 9. The molecule has 0 aromatic carbocycles. The summed E-state index contributed by atoms with van der Waals surface area (Å²) in [4.78, 5) is 23.7. The molecule has 6 N–H and O–H groups in total. The summed E-state index contributed by atoms with van der Waals surface area (Å²) in [6, 6.07) is 0. The molecule has 0 aliphatic heterocycles. The predicted molar refractivity (Wildman–Crippen MR) is 64.6 cm³/mol. The SMILES string of the molecule is NCCCN(CCCN)C(=O)CCNC(=O)O. The van der Waals surface area contributed by atoms with Gasteiger partial charge in [0, 0.05) is 26.1 Å². The van der Waals surface area contributed by atoms with E-state index in [-0.39, 0.29) is 18.9 Å². The van der Waals surface area contributed by atoms with Gasteiger partial charge in [-0.15, -0.1) is 0 Å². The Hall–Kier alpha value is -1.34. The first-order valence-electron chi connectivity index (χ1n) is 5.76. The van der Waals surface area contributed by atoms with Crippen molar-refractivity contribution in [2.75, 3.05) is 32.7 Å². The summed E-state index contributed by atoms with van der Waals surface area (Å²) >= 11 is 0. The molecule has 7 nitrogen and oxygen atoms in total. The van der Waals surface area contributed by atoms with Gasteiger partial charge in [0.25, 0.3) is 0 Å². The summed E-state index contributed by atoms with van der Waals surface area (Å²) in [5, 5.41) is 10.5. The van der Waals surface area contributed by atoms with Crippen molar-refractivity contribution in [2.24, 2.45) is 11.5 Å². The number of nitrogens with zero attached hydrogens (tertiary/aromatic N) is 1. The first-order chi connectivity index (χ1) is 8.11. The average Bonchev–Trinajstić information content (AvgIpc) is 2.28. The van der Waals surface area contributed by atoms with Crippen LogP contribution in [0.25, 0.3) is 0 Å². The molecule has 0 aliphatic rings. The van der Waals surface area contributed by atoms with Gasteiger partial charge >= 0.3 is 6.09 Å². The standard InChI is InChI=1S/C10H22N4O3/c11-4-1-7-14(8-2-5-12)9(15)3-6-13-10(16)17/h13H,1-8,11-12H2,(H,16,17). The van der Waals surface area contributed by atoms with Gasteiger partial charge in [-0.05, 0) is 25.9 Å². The zero-order valence-electron chi connectivity index (χ0n) is 10.0. The second-order valence-corrected chi connectivity index (χ2v) is 3.65. The smallest absolute Gasteiger partial charge is 0.404 e. The van der Waals surface area contributed by atoms with E-state index in [4.69, 9.17) is 16.6 Å². The van der Waals surface area contributed by atoms with Crippen LogP contribution in [-0.2, 0) is 4.79 Å². The molecule has 0 bridgehead atoms. The monoisotopic (exact) mass is 246 g/mol. The number of carboxylic acid groups (broad SMARTS) is 1. The molecule has 0 saturated carbocycles. The van der Waals surface area contributed by atoms with Crippen molar-refractivity contribution in [2.45, 2.75) is 19.3 Å². The van der Waals surface area contributed by atoms with Crippen LogP contribution in [0.2, 0.25) is 0 Å². The summed E-state index contributed by atoms with van der Waals surface area (Å²) < 4.78 is 0. The molecule has 0 aromatic rings. The molecule has 0 atom stereocenters. The van der Waals surface area contributed by atoms with Crippen LogP contribution in [0.4, 0.5) is 4.79 Å². The summed E-state index contributed by atoms with van der Waals surface area (Å²) in [6.45, 7) is 2.39. The van der Waals surface area contributed by atoms with Gasteiger partial charge in [0.15, 0.2) is 0 Å². The number of amides is 2. The van der Waals surface area contributed by atoms with E-state index in [9.17, 15) is 9.59 Å². The Morgan fingerprint density at radius 3 is 2.06 bits per heavy atom. The summed E-state index contributed by atoms with van der Waals surface area (Å²) in [7, 11) is 0. The minimum atomic E-state index is -1.12. The molecule has 0 saturated heterocycles. The molecule has 0 heterocycles. The van der Waals surface area contributed by atoms with Crippen molar-refractivity contribution < 1.29 is 14.7 Å². The molecular weight excluding hydrogens is 224 g/mol. The Morgan fingerprint density at radius 2 is 1.65 bits per heavy atom. The number of nitrogens with one attached hydrogen (secondary N) is 1. The van der Waals surface area contributed by atoms with Crippen molar-refractivity contribution in [3.05, 3.63) is 0 Å². The molecule has 2 amide bonds. The lowest BCUT2D eigenvalue weighted by molar-refractivity contribution is -0.131. The van der Waals surface area contributed by atoms with Crippen LogP contribution in [0.5, 0.6) is 0 Å². The average molecular weight is 246 g/mol. The molecule has 0 rings (SSSR count). The highest BCUT2D eigenvalue weighted by atomic mass is 16.4. The quantitative estimate of drug-likeness (QED) is 0.423. The highest BCUT2D eigenvalue weighted by Crippen LogP contribution is 1.97. The normalized spacial score (nSPS) is 10.0. The third-order valence-electron chi connectivity index (χ3n) is 2.23. The second kappa shape index (κ2) is 9.86. The van der Waals surface area contributed by atoms with Gasteiger partial charge in [0.05, 0.1) is 0 Å². The second-order valence-electron chi connectivity index (χ2n) is 3.65. The molecule has 0 spiro atoms. The lowest BCUT2D eigenvalue weighted by atomic mass is 10.3. The van der Waals surface area contributed by atoms with Crippen molar-refractivity contribution >= 4 is 12.0 Å². The minimum Gasteiger partial charge on any atom is -0.465 e. The van der Waals surface area contributed by atoms with E-state index >= 15 is 0 Å². The highest BCUT2D eigenvalue weighted by Gasteiger charge is 2.12. The maximum Gasteiger partial charge on any atom is 0.404 e. The van der Waals surface area contributed by atoms with Crippen molar-refractivity contribution in [3.8, 4) is 0 Å². The van der Waals surface area contributed by atoms with E-state index in [2.05, 4.69) is 5.32 Å². The van der Waals surface area contributed by atoms with E-state index < -0.39 is 6.09 Å². The van der Waals surface area contributed by atoms with Crippen LogP contribution in [0, 0.1) is 0 Å². The molecule has 17 heavy (non-hydrogen) atoms. The van der Waals surface area contributed by atoms with E-state index in [0.29, 0.717) is 26.2 Å². The van der Waals surface area contributed by atoms with Crippen molar-refractivity contribution in [3.63, 3.8) is 0 Å². The van der Waals surface area contributed by atoms with Crippen LogP contribution in [0.15, 0.2) is 0 Å². The molecule has 0 aliphatic carbocycles. The summed E-state index contributed by atoms with van der Waals surface area (Å²) in [5.74, 6) is -0.0688. The van der Waals surface area contributed by atoms with Crippen LogP contribution in [0.1, 0.15) is 19.3 Å². The number of carbonyl (C=O) groups excluding carboxylic acids is 1. The first kappa shape index (κ1) is 15.7. The number of hydrogen-bond acceptors (Lipinski definition) is 4. The molecule has 0 fully saturated rings. The molecule has 7 heteroatoms. The van der Waals surface area contributed by atoms with Crippen LogP contribution in [-0.4, -0.2) is 54.7 Å². The Labute approximate surface area is 101 Å². The van der Waals surface area contributed by atoms with Gasteiger partial charge in [0.1, 0.15) is 0 Å². The fourth-order valence-electron chi connectivity index (χ4n) is 1.36. The molecule has 0 unspecified atom stereocenters. The number of carbonyl (C=O) groups is 2. The Balaban J connectivity index is 3.97. The largest absolute Gasteiger partial charge is 0.465 e. The van der Waals surface area contributed by atoms with Gasteiger partial charge < -0.3 is 26.8 Å². The summed E-state index contributed by atoms with van der Waals surface area (Å²) in [6.07, 6.45) is 0.528. The first-order valence-corrected chi connectivity index (χ1v) is 5.76. The van der Waals surface area contributed by atoms with Crippen molar-refractivity contribution in [1.82, 2.24) is 10.2 Å². The fourth-order valence-corrected chi connectivity index (χ4v) is 1.36. The van der Waals surface area contributed by atoms with Gasteiger partial charge in [-0.2, -0.15) is 0 Å². The van der Waals surface area contributed by atoms with Crippen LogP contribution in [0.3, 0.4) is 0 Å². The van der Waals surface area contributed by atoms with E-state index in [1.165, 1.54) is 0 Å². The van der Waals surface area contributed by atoms with Gasteiger partial charge in [-0.25, -0.2) is 4.79 Å². The summed E-state index contributed by atoms with van der Waals surface area (Å²) in [5.41, 5.74) is 10.8. The van der Waals surface area contributed by atoms with Crippen LogP contribution < -0.4 is 16.8 Å². The maximum absolute atomic E-state index is 11.7. The van der Waals surface area contributed by atoms with Crippen LogP contribution >= 0.6 is 0 Å². The van der Waals surface area contributed by atoms with Crippen molar-refractivity contribution in [1.29, 1.82) is 0 Å². The number of hydrogen-bond donors (Lipinski definition) is 4. The number of nitrogens with two attached hydrogens (primary N) is 2. The molecular formula is C10H22N4O3. The molecule has 0 radical (unpaired) electrons. The Bertz CT molecular complexity index is 228. The van der Waals surface area contributed by atoms with E-state index in [0.717, 1.165) is 12.8 Å². The Kier molecular flexibility index (Phi) is 9.08. The third-order valence-corrected chi connectivity index (χ3v) is 2.23. The maximum atomic E-state index is 11.7. The lowest BCUT2D eigenvalue weighted by Gasteiger charge is -2.22. The lowest BCUT2D eigenvalue weighted by Crippen LogP contribution is -2.36. The van der Waals surface area contributed by atoms with E-state index in [1.54, 1.807) is 4.90 Å². The van der Waals surface area contributed by atoms with Gasteiger partial charge in [-0.1, -0.05) is 0 Å². The Morgan fingerprint density at radius 1 is 1.12 bits per heavy atom. The zero-order chi connectivity index (χ0) is 13.1. The molecule has 100 valence electrons. The van der Waals surface area contributed by atoms with Gasteiger partial charge in [-0.3, -0.25) is 4.79 Å². The van der Waals surface area contributed by atoms with Gasteiger partial charge in [0.2, 0.25) is 5.91 Å².